The van der Waals surface area contributed by atoms with E-state index in [9.17, 15) is 9.59 Å². The molecule has 1 amide bonds. The highest BCUT2D eigenvalue weighted by Gasteiger charge is 2.28. The summed E-state index contributed by atoms with van der Waals surface area (Å²) in [6.07, 6.45) is 0.610. The molecule has 0 saturated carbocycles. The lowest BCUT2D eigenvalue weighted by molar-refractivity contribution is 0.0715. The van der Waals surface area contributed by atoms with E-state index in [2.05, 4.69) is 15.0 Å². The summed E-state index contributed by atoms with van der Waals surface area (Å²) in [6.45, 7) is 4.91. The Hall–Kier alpha value is -2.96. The Labute approximate surface area is 143 Å². The number of aromatic amines is 1. The van der Waals surface area contributed by atoms with E-state index in [0.717, 1.165) is 11.5 Å². The average Bonchev–Trinajstić information content (AvgIpc) is 3.04. The Morgan fingerprint density at radius 3 is 2.88 bits per heavy atom. The zero-order valence-corrected chi connectivity index (χ0v) is 14.1. The van der Waals surface area contributed by atoms with Gasteiger partial charge in [-0.15, -0.1) is 0 Å². The second-order valence-electron chi connectivity index (χ2n) is 6.49. The molecule has 128 valence electrons. The fourth-order valence-electron chi connectivity index (χ4n) is 2.98. The summed E-state index contributed by atoms with van der Waals surface area (Å²) >= 11 is 0. The average molecular weight is 338 g/mol. The lowest BCUT2D eigenvalue weighted by atomic mass is 10.1. The van der Waals surface area contributed by atoms with Crippen LogP contribution in [0, 0.1) is 0 Å². The van der Waals surface area contributed by atoms with Crippen LogP contribution in [-0.4, -0.2) is 32.3 Å². The molecule has 0 spiro atoms. The van der Waals surface area contributed by atoms with Crippen LogP contribution in [0.25, 0.3) is 10.9 Å². The van der Waals surface area contributed by atoms with Crippen molar-refractivity contribution in [1.29, 1.82) is 0 Å². The predicted octanol–water partition coefficient (Wildman–Crippen LogP) is 2.23. The number of fused-ring (bicyclic) bond motifs is 2. The zero-order chi connectivity index (χ0) is 17.6. The van der Waals surface area contributed by atoms with Gasteiger partial charge in [-0.25, -0.2) is 9.97 Å². The number of nitrogens with zero attached hydrogens (tertiary/aromatic N) is 3. The molecule has 0 unspecified atom stereocenters. The minimum atomic E-state index is -0.310. The maximum Gasteiger partial charge on any atom is 0.290 e. The molecule has 7 nitrogen and oxygen atoms in total. The number of hydrogen-bond acceptors (Lipinski definition) is 5. The summed E-state index contributed by atoms with van der Waals surface area (Å²) < 4.78 is 5.76. The number of amides is 1. The predicted molar refractivity (Wildman–Crippen MR) is 91.4 cm³/mol. The number of aromatic nitrogens is 3. The number of benzene rings is 1. The SMILES string of the molecule is CC(C)c1nc2c(o1)CCN(C(=O)c1nc3ccccc3c(=O)[nH]1)C2. The van der Waals surface area contributed by atoms with Crippen molar-refractivity contribution in [3.63, 3.8) is 0 Å². The molecule has 3 heterocycles. The second-order valence-corrected chi connectivity index (χ2v) is 6.49. The second kappa shape index (κ2) is 5.84. The lowest BCUT2D eigenvalue weighted by Gasteiger charge is -2.24. The third-order valence-corrected chi connectivity index (χ3v) is 4.34. The normalized spacial score (nSPS) is 14.1. The summed E-state index contributed by atoms with van der Waals surface area (Å²) in [5, 5.41) is 0.470. The van der Waals surface area contributed by atoms with Crippen molar-refractivity contribution in [3.8, 4) is 0 Å². The standard InChI is InChI=1S/C18H18N4O3/c1-10(2)17-20-13-9-22(8-7-14(13)25-17)18(24)15-19-12-6-4-3-5-11(12)16(23)21-15/h3-6,10H,7-9H2,1-2H3,(H,19,21,23). The molecule has 0 fully saturated rings. The number of rotatable bonds is 2. The number of carbonyl (C=O) groups is 1. The minimum absolute atomic E-state index is 0.0553. The van der Waals surface area contributed by atoms with E-state index in [1.165, 1.54) is 0 Å². The van der Waals surface area contributed by atoms with Gasteiger partial charge in [0.2, 0.25) is 0 Å². The van der Waals surface area contributed by atoms with E-state index in [1.807, 2.05) is 13.8 Å². The smallest absolute Gasteiger partial charge is 0.290 e. The Morgan fingerprint density at radius 1 is 1.28 bits per heavy atom. The van der Waals surface area contributed by atoms with Crippen LogP contribution in [0.3, 0.4) is 0 Å². The Kier molecular flexibility index (Phi) is 3.63. The fraction of sp³-hybridized carbons (Fsp3) is 0.333. The van der Waals surface area contributed by atoms with Crippen LogP contribution >= 0.6 is 0 Å². The van der Waals surface area contributed by atoms with Crippen LogP contribution < -0.4 is 5.56 Å². The summed E-state index contributed by atoms with van der Waals surface area (Å²) in [4.78, 5) is 38.0. The van der Waals surface area contributed by atoms with Gasteiger partial charge in [0.1, 0.15) is 11.5 Å². The van der Waals surface area contributed by atoms with Gasteiger partial charge in [0, 0.05) is 18.9 Å². The van der Waals surface area contributed by atoms with Crippen molar-refractivity contribution in [3.05, 3.63) is 57.8 Å². The van der Waals surface area contributed by atoms with Gasteiger partial charge in [0.15, 0.2) is 11.7 Å². The van der Waals surface area contributed by atoms with Crippen LogP contribution in [0.5, 0.6) is 0 Å². The molecule has 1 N–H and O–H groups in total. The van der Waals surface area contributed by atoms with Gasteiger partial charge in [0.05, 0.1) is 17.4 Å². The molecule has 1 aromatic carbocycles. The summed E-state index contributed by atoms with van der Waals surface area (Å²) in [7, 11) is 0. The van der Waals surface area contributed by atoms with E-state index in [4.69, 9.17) is 4.42 Å². The first-order valence-electron chi connectivity index (χ1n) is 8.29. The molecule has 3 aromatic rings. The summed E-state index contributed by atoms with van der Waals surface area (Å²) in [5.41, 5.74) is 0.984. The third-order valence-electron chi connectivity index (χ3n) is 4.34. The van der Waals surface area contributed by atoms with Gasteiger partial charge < -0.3 is 14.3 Å². The Bertz CT molecular complexity index is 1020. The third kappa shape index (κ3) is 2.71. The van der Waals surface area contributed by atoms with E-state index in [-0.39, 0.29) is 23.2 Å². The van der Waals surface area contributed by atoms with Crippen molar-refractivity contribution in [2.24, 2.45) is 0 Å². The molecule has 0 bridgehead atoms. The van der Waals surface area contributed by atoms with Gasteiger partial charge in [-0.2, -0.15) is 0 Å². The molecule has 0 radical (unpaired) electrons. The molecule has 7 heteroatoms. The van der Waals surface area contributed by atoms with Gasteiger partial charge in [-0.05, 0) is 12.1 Å². The van der Waals surface area contributed by atoms with Crippen LogP contribution in [0.1, 0.15) is 47.7 Å². The zero-order valence-electron chi connectivity index (χ0n) is 14.1. The highest BCUT2D eigenvalue weighted by atomic mass is 16.4. The van der Waals surface area contributed by atoms with Gasteiger partial charge in [-0.3, -0.25) is 9.59 Å². The number of H-pyrrole nitrogens is 1. The van der Waals surface area contributed by atoms with Crippen molar-refractivity contribution in [1.82, 2.24) is 19.9 Å². The maximum atomic E-state index is 12.8. The topological polar surface area (TPSA) is 92.1 Å². The molecule has 1 aliphatic heterocycles. The molecule has 1 aliphatic rings. The van der Waals surface area contributed by atoms with E-state index < -0.39 is 0 Å². The highest BCUT2D eigenvalue weighted by Crippen LogP contribution is 2.24. The van der Waals surface area contributed by atoms with Crippen LogP contribution in [0.15, 0.2) is 33.5 Å². The molecule has 25 heavy (non-hydrogen) atoms. The molecule has 0 aliphatic carbocycles. The first-order valence-corrected chi connectivity index (χ1v) is 8.29. The van der Waals surface area contributed by atoms with Crippen molar-refractivity contribution in [2.45, 2.75) is 32.7 Å². The molecule has 0 saturated heterocycles. The molecular weight excluding hydrogens is 320 g/mol. The van der Waals surface area contributed by atoms with E-state index in [1.54, 1.807) is 29.2 Å². The van der Waals surface area contributed by atoms with Crippen molar-refractivity contribution < 1.29 is 9.21 Å². The van der Waals surface area contributed by atoms with Gasteiger partial charge in [-0.1, -0.05) is 26.0 Å². The number of nitrogens with one attached hydrogen (secondary N) is 1. The Morgan fingerprint density at radius 2 is 2.08 bits per heavy atom. The first kappa shape index (κ1) is 15.6. The van der Waals surface area contributed by atoms with E-state index >= 15 is 0 Å². The van der Waals surface area contributed by atoms with E-state index in [0.29, 0.717) is 36.3 Å². The lowest BCUT2D eigenvalue weighted by Crippen LogP contribution is -2.37. The molecule has 4 rings (SSSR count). The number of para-hydroxylation sites is 1. The molecule has 2 aromatic heterocycles. The quantitative estimate of drug-likeness (QED) is 0.773. The first-order chi connectivity index (χ1) is 12.0. The summed E-state index contributed by atoms with van der Waals surface area (Å²) in [5.74, 6) is 1.49. The number of oxazole rings is 1. The summed E-state index contributed by atoms with van der Waals surface area (Å²) in [6, 6.07) is 6.97. The van der Waals surface area contributed by atoms with Crippen LogP contribution in [-0.2, 0) is 13.0 Å². The minimum Gasteiger partial charge on any atom is -0.445 e. The van der Waals surface area contributed by atoms with Crippen LogP contribution in [0.4, 0.5) is 0 Å². The maximum absolute atomic E-state index is 12.8. The molecular formula is C18H18N4O3. The van der Waals surface area contributed by atoms with Crippen molar-refractivity contribution >= 4 is 16.8 Å². The molecule has 0 atom stereocenters. The van der Waals surface area contributed by atoms with Gasteiger partial charge >= 0.3 is 0 Å². The monoisotopic (exact) mass is 338 g/mol. The van der Waals surface area contributed by atoms with Crippen LogP contribution in [0.2, 0.25) is 0 Å². The van der Waals surface area contributed by atoms with Gasteiger partial charge in [0.25, 0.3) is 11.5 Å². The number of carbonyl (C=O) groups excluding carboxylic acids is 1. The van der Waals surface area contributed by atoms with Crippen molar-refractivity contribution in [2.75, 3.05) is 6.54 Å². The fourth-order valence-corrected chi connectivity index (χ4v) is 2.98. The Balaban J connectivity index is 1.64. The largest absolute Gasteiger partial charge is 0.445 e. The highest BCUT2D eigenvalue weighted by molar-refractivity contribution is 5.92. The number of hydrogen-bond donors (Lipinski definition) is 1.